The van der Waals surface area contributed by atoms with E-state index in [4.69, 9.17) is 18.8 Å². The number of amides is 2. The third kappa shape index (κ3) is 6.05. The largest absolute Gasteiger partial charge is 0.494 e. The fourth-order valence-corrected chi connectivity index (χ4v) is 5.70. The molecule has 3 aliphatic rings. The predicted octanol–water partition coefficient (Wildman–Crippen LogP) is 3.90. The van der Waals surface area contributed by atoms with Gasteiger partial charge >= 0.3 is 13.2 Å². The molecular formula is C31H43BN4O6. The van der Waals surface area contributed by atoms with Crippen molar-refractivity contribution in [1.29, 1.82) is 0 Å². The van der Waals surface area contributed by atoms with Crippen LogP contribution in [0.1, 0.15) is 93.2 Å². The maximum atomic E-state index is 13.6. The van der Waals surface area contributed by atoms with Crippen molar-refractivity contribution < 1.29 is 28.4 Å². The van der Waals surface area contributed by atoms with Gasteiger partial charge in [0, 0.05) is 25.3 Å². The van der Waals surface area contributed by atoms with Crippen molar-refractivity contribution >= 4 is 24.6 Å². The fourth-order valence-electron chi connectivity index (χ4n) is 5.70. The average Bonchev–Trinajstić information content (AvgIpc) is 3.12. The second-order valence-electron chi connectivity index (χ2n) is 13.5. The van der Waals surface area contributed by atoms with E-state index in [1.807, 2.05) is 60.3 Å². The topological polar surface area (TPSA) is 103 Å². The van der Waals surface area contributed by atoms with Crippen LogP contribution in [0.2, 0.25) is 0 Å². The Morgan fingerprint density at radius 1 is 1.02 bits per heavy atom. The van der Waals surface area contributed by atoms with Crippen molar-refractivity contribution in [3.05, 3.63) is 52.1 Å². The van der Waals surface area contributed by atoms with Crippen LogP contribution in [-0.2, 0) is 31.7 Å². The highest BCUT2D eigenvalue weighted by molar-refractivity contribution is 6.62. The highest BCUT2D eigenvalue weighted by Crippen LogP contribution is 2.38. The molecule has 5 rings (SSSR count). The Labute approximate surface area is 249 Å². The molecule has 2 aromatic rings. The second kappa shape index (κ2) is 10.9. The van der Waals surface area contributed by atoms with Gasteiger partial charge in [0.05, 0.1) is 30.5 Å². The summed E-state index contributed by atoms with van der Waals surface area (Å²) in [5, 5.41) is 0. The van der Waals surface area contributed by atoms with E-state index < -0.39 is 30.0 Å². The molecule has 226 valence electrons. The number of nitrogens with zero attached hydrogens (tertiary/aromatic N) is 4. The van der Waals surface area contributed by atoms with Crippen molar-refractivity contribution in [2.24, 2.45) is 0 Å². The molecule has 0 unspecified atom stereocenters. The van der Waals surface area contributed by atoms with Gasteiger partial charge in [0.1, 0.15) is 17.1 Å². The van der Waals surface area contributed by atoms with Crippen molar-refractivity contribution in [1.82, 2.24) is 19.8 Å². The highest BCUT2D eigenvalue weighted by atomic mass is 16.7. The lowest BCUT2D eigenvalue weighted by molar-refractivity contribution is -0.0334. The van der Waals surface area contributed by atoms with Crippen LogP contribution in [0.3, 0.4) is 0 Å². The third-order valence-corrected chi connectivity index (χ3v) is 8.51. The lowest BCUT2D eigenvalue weighted by Gasteiger charge is -2.39. The van der Waals surface area contributed by atoms with Crippen LogP contribution in [0.15, 0.2) is 18.2 Å². The summed E-state index contributed by atoms with van der Waals surface area (Å²) in [5.74, 6) is 0.426. The number of aryl methyl sites for hydroxylation is 2. The number of ether oxygens (including phenoxy) is 2. The highest BCUT2D eigenvalue weighted by Gasteiger charge is 2.52. The van der Waals surface area contributed by atoms with E-state index in [0.29, 0.717) is 50.8 Å². The van der Waals surface area contributed by atoms with E-state index >= 15 is 0 Å². The minimum Gasteiger partial charge on any atom is -0.444 e. The van der Waals surface area contributed by atoms with Crippen LogP contribution in [-0.4, -0.2) is 82.0 Å². The van der Waals surface area contributed by atoms with Crippen LogP contribution in [0.25, 0.3) is 0 Å². The SMILES string of the molecule is Cc1cc(C(=O)N2CCc3cc(B4OC(C)(C)C(C)(C)O4)cc([C@@H]4COCCN4C(=O)OC(C)(C)C)c3C2)nc(C)n1. The monoisotopic (exact) mass is 578 g/mol. The molecule has 10 nitrogen and oxygen atoms in total. The quantitative estimate of drug-likeness (QED) is 0.506. The van der Waals surface area contributed by atoms with Gasteiger partial charge in [-0.1, -0.05) is 12.1 Å². The molecule has 0 spiro atoms. The Hall–Kier alpha value is -3.02. The van der Waals surface area contributed by atoms with E-state index in [-0.39, 0.29) is 12.0 Å². The molecule has 11 heteroatoms. The third-order valence-electron chi connectivity index (χ3n) is 8.51. The molecular weight excluding hydrogens is 535 g/mol. The summed E-state index contributed by atoms with van der Waals surface area (Å²) < 4.78 is 24.6. The van der Waals surface area contributed by atoms with Crippen LogP contribution >= 0.6 is 0 Å². The summed E-state index contributed by atoms with van der Waals surface area (Å²) in [6.45, 7) is 19.4. The van der Waals surface area contributed by atoms with Crippen molar-refractivity contribution in [3.8, 4) is 0 Å². The normalized spacial score (nSPS) is 21.7. The minimum atomic E-state index is -0.638. The Kier molecular flexibility index (Phi) is 7.91. The number of carbonyl (C=O) groups is 2. The zero-order chi connectivity index (χ0) is 30.6. The first-order valence-corrected chi connectivity index (χ1v) is 14.7. The van der Waals surface area contributed by atoms with Crippen molar-refractivity contribution in [2.75, 3.05) is 26.3 Å². The van der Waals surface area contributed by atoms with E-state index in [1.165, 1.54) is 0 Å². The van der Waals surface area contributed by atoms with E-state index in [9.17, 15) is 9.59 Å². The van der Waals surface area contributed by atoms with Gasteiger partial charge in [-0.2, -0.15) is 0 Å². The van der Waals surface area contributed by atoms with E-state index in [1.54, 1.807) is 17.9 Å². The van der Waals surface area contributed by atoms with Gasteiger partial charge in [0.2, 0.25) is 0 Å². The van der Waals surface area contributed by atoms with Crippen LogP contribution in [0.4, 0.5) is 4.79 Å². The van der Waals surface area contributed by atoms with Gasteiger partial charge in [-0.05, 0) is 97.0 Å². The Morgan fingerprint density at radius 3 is 2.36 bits per heavy atom. The Balaban J connectivity index is 1.56. The summed E-state index contributed by atoms with van der Waals surface area (Å²) in [6, 6.07) is 5.52. The van der Waals surface area contributed by atoms with Crippen LogP contribution < -0.4 is 5.46 Å². The molecule has 3 aliphatic heterocycles. The van der Waals surface area contributed by atoms with Gasteiger partial charge in [-0.15, -0.1) is 0 Å². The molecule has 1 aromatic carbocycles. The number of aromatic nitrogens is 2. The minimum absolute atomic E-state index is 0.140. The predicted molar refractivity (Wildman–Crippen MR) is 159 cm³/mol. The molecule has 0 N–H and O–H groups in total. The molecule has 1 aromatic heterocycles. The van der Waals surface area contributed by atoms with Crippen molar-refractivity contribution in [2.45, 2.75) is 98.1 Å². The maximum Gasteiger partial charge on any atom is 0.494 e. The molecule has 1 atom stereocenters. The second-order valence-corrected chi connectivity index (χ2v) is 13.5. The first kappa shape index (κ1) is 30.4. The molecule has 4 heterocycles. The summed E-state index contributed by atoms with van der Waals surface area (Å²) in [6.07, 6.45) is 0.256. The van der Waals surface area contributed by atoms with Gasteiger partial charge in [0.25, 0.3) is 5.91 Å². The summed E-state index contributed by atoms with van der Waals surface area (Å²) in [5.41, 5.74) is 3.41. The van der Waals surface area contributed by atoms with Crippen LogP contribution in [0, 0.1) is 13.8 Å². The van der Waals surface area contributed by atoms with E-state index in [0.717, 1.165) is 27.8 Å². The number of hydrogen-bond donors (Lipinski definition) is 0. The average molecular weight is 579 g/mol. The van der Waals surface area contributed by atoms with Gasteiger partial charge in [0.15, 0.2) is 0 Å². The number of hydrogen-bond acceptors (Lipinski definition) is 8. The molecule has 42 heavy (non-hydrogen) atoms. The molecule has 0 bridgehead atoms. The van der Waals surface area contributed by atoms with Crippen LogP contribution in [0.5, 0.6) is 0 Å². The molecule has 0 aliphatic carbocycles. The zero-order valence-corrected chi connectivity index (χ0v) is 26.4. The molecule has 2 amide bonds. The maximum absolute atomic E-state index is 13.6. The molecule has 2 saturated heterocycles. The van der Waals surface area contributed by atoms with Gasteiger partial charge in [-0.25, -0.2) is 14.8 Å². The number of benzene rings is 1. The van der Waals surface area contributed by atoms with Gasteiger partial charge in [-0.3, -0.25) is 9.69 Å². The number of rotatable bonds is 3. The standard InChI is InChI=1S/C31H43BN4O6/c1-19-14-25(34-20(2)33-19)27(37)35-11-10-21-15-22(32-41-30(6,7)31(8,9)42-32)16-23(24(21)17-35)26-18-39-13-12-36(26)28(38)40-29(3,4)5/h14-16,26H,10-13,17-18H2,1-9H3/t26-/m0/s1. The first-order valence-electron chi connectivity index (χ1n) is 14.7. The fraction of sp³-hybridized carbons (Fsp3) is 0.613. The smallest absolute Gasteiger partial charge is 0.444 e. The van der Waals surface area contributed by atoms with Crippen molar-refractivity contribution in [3.63, 3.8) is 0 Å². The van der Waals surface area contributed by atoms with E-state index in [2.05, 4.69) is 22.1 Å². The molecule has 0 radical (unpaired) electrons. The molecule has 0 saturated carbocycles. The Morgan fingerprint density at radius 2 is 1.71 bits per heavy atom. The summed E-state index contributed by atoms with van der Waals surface area (Å²) >= 11 is 0. The number of morpholine rings is 1. The number of carbonyl (C=O) groups excluding carboxylic acids is 2. The van der Waals surface area contributed by atoms with Gasteiger partial charge < -0.3 is 23.7 Å². The molecule has 2 fully saturated rings. The summed E-state index contributed by atoms with van der Waals surface area (Å²) in [7, 11) is -0.565. The number of fused-ring (bicyclic) bond motifs is 1. The lowest BCUT2D eigenvalue weighted by Crippen LogP contribution is -2.47. The summed E-state index contributed by atoms with van der Waals surface area (Å²) in [4.78, 5) is 39.4. The first-order chi connectivity index (χ1) is 19.5. The Bertz CT molecular complexity index is 1350. The lowest BCUT2D eigenvalue weighted by atomic mass is 9.74. The zero-order valence-electron chi connectivity index (χ0n) is 26.4.